The highest BCUT2D eigenvalue weighted by atomic mass is 35.5. The molecule has 1 heterocycles. The Morgan fingerprint density at radius 3 is 2.74 bits per heavy atom. The van der Waals surface area contributed by atoms with Gasteiger partial charge in [0.2, 0.25) is 0 Å². The van der Waals surface area contributed by atoms with Gasteiger partial charge in [0, 0.05) is 31.1 Å². The third-order valence-corrected chi connectivity index (χ3v) is 5.26. The van der Waals surface area contributed by atoms with Gasteiger partial charge in [-0.3, -0.25) is 4.90 Å². The zero-order valence-corrected chi connectivity index (χ0v) is 13.2. The summed E-state index contributed by atoms with van der Waals surface area (Å²) in [6, 6.07) is 4.87. The molecule has 108 valence electrons. The monoisotopic (exact) mass is 302 g/mol. The summed E-state index contributed by atoms with van der Waals surface area (Å²) < 4.78 is 6.09. The second kappa shape index (κ2) is 7.04. The van der Waals surface area contributed by atoms with Crippen molar-refractivity contribution in [1.82, 2.24) is 4.90 Å². The van der Waals surface area contributed by atoms with Crippen molar-refractivity contribution in [3.05, 3.63) is 21.3 Å². The maximum atomic E-state index is 6.06. The van der Waals surface area contributed by atoms with Crippen LogP contribution in [0, 0.1) is 5.92 Å². The SMILES string of the molecule is COCCN(C(CN)c1ccc(Cl)s1)C(C)C1CC1. The molecular weight excluding hydrogens is 280 g/mol. The van der Waals surface area contributed by atoms with Gasteiger partial charge in [0.1, 0.15) is 0 Å². The predicted octanol–water partition coefficient (Wildman–Crippen LogP) is 3.15. The molecule has 5 heteroatoms. The molecular formula is C14H23ClN2OS. The zero-order chi connectivity index (χ0) is 13.8. The van der Waals surface area contributed by atoms with Crippen molar-refractivity contribution in [3.8, 4) is 0 Å². The van der Waals surface area contributed by atoms with Crippen LogP contribution < -0.4 is 5.73 Å². The van der Waals surface area contributed by atoms with Crippen LogP contribution in [0.5, 0.6) is 0 Å². The molecule has 0 radical (unpaired) electrons. The quantitative estimate of drug-likeness (QED) is 0.802. The van der Waals surface area contributed by atoms with Crippen molar-refractivity contribution in [3.63, 3.8) is 0 Å². The van der Waals surface area contributed by atoms with Gasteiger partial charge in [-0.05, 0) is 37.8 Å². The minimum Gasteiger partial charge on any atom is -0.383 e. The Morgan fingerprint density at radius 2 is 2.26 bits per heavy atom. The fourth-order valence-corrected chi connectivity index (χ4v) is 3.81. The molecule has 2 rings (SSSR count). The second-order valence-corrected chi connectivity index (χ2v) is 6.95. The van der Waals surface area contributed by atoms with E-state index in [0.29, 0.717) is 12.6 Å². The first kappa shape index (κ1) is 15.3. The van der Waals surface area contributed by atoms with Gasteiger partial charge in [-0.25, -0.2) is 0 Å². The van der Waals surface area contributed by atoms with E-state index in [-0.39, 0.29) is 6.04 Å². The molecule has 1 aromatic rings. The van der Waals surface area contributed by atoms with Crippen molar-refractivity contribution in [2.24, 2.45) is 11.7 Å². The summed E-state index contributed by atoms with van der Waals surface area (Å²) in [5.74, 6) is 0.821. The minimum atomic E-state index is 0.253. The highest BCUT2D eigenvalue weighted by Gasteiger charge is 2.35. The number of hydrogen-bond acceptors (Lipinski definition) is 4. The summed E-state index contributed by atoms with van der Waals surface area (Å²) >= 11 is 7.69. The van der Waals surface area contributed by atoms with Gasteiger partial charge in [-0.1, -0.05) is 11.6 Å². The molecule has 0 aliphatic heterocycles. The van der Waals surface area contributed by atoms with Crippen molar-refractivity contribution >= 4 is 22.9 Å². The molecule has 0 saturated heterocycles. The molecule has 1 aliphatic rings. The molecule has 2 unspecified atom stereocenters. The van der Waals surface area contributed by atoms with E-state index in [2.05, 4.69) is 17.9 Å². The predicted molar refractivity (Wildman–Crippen MR) is 81.9 cm³/mol. The Bertz CT molecular complexity index is 395. The number of nitrogens with zero attached hydrogens (tertiary/aromatic N) is 1. The van der Waals surface area contributed by atoms with E-state index in [0.717, 1.165) is 23.4 Å². The Labute approximate surface area is 124 Å². The van der Waals surface area contributed by atoms with Crippen LogP contribution in [0.2, 0.25) is 4.34 Å². The Kier molecular flexibility index (Phi) is 5.66. The summed E-state index contributed by atoms with van der Waals surface area (Å²) in [5.41, 5.74) is 6.03. The van der Waals surface area contributed by atoms with E-state index in [4.69, 9.17) is 22.1 Å². The lowest BCUT2D eigenvalue weighted by molar-refractivity contribution is 0.0847. The van der Waals surface area contributed by atoms with E-state index >= 15 is 0 Å². The molecule has 1 saturated carbocycles. The number of methoxy groups -OCH3 is 1. The first-order valence-corrected chi connectivity index (χ1v) is 8.06. The van der Waals surface area contributed by atoms with E-state index < -0.39 is 0 Å². The van der Waals surface area contributed by atoms with Gasteiger partial charge in [-0.2, -0.15) is 0 Å². The molecule has 0 aromatic carbocycles. The number of thiophene rings is 1. The van der Waals surface area contributed by atoms with Crippen molar-refractivity contribution in [2.45, 2.75) is 31.8 Å². The summed E-state index contributed by atoms with van der Waals surface area (Å²) in [6.07, 6.45) is 2.68. The maximum absolute atomic E-state index is 6.06. The first-order chi connectivity index (χ1) is 9.17. The molecule has 3 nitrogen and oxygen atoms in total. The smallest absolute Gasteiger partial charge is 0.0931 e. The molecule has 0 bridgehead atoms. The van der Waals surface area contributed by atoms with Crippen LogP contribution in [-0.4, -0.2) is 37.7 Å². The van der Waals surface area contributed by atoms with Gasteiger partial charge in [0.25, 0.3) is 0 Å². The number of nitrogens with two attached hydrogens (primary N) is 1. The van der Waals surface area contributed by atoms with Crippen LogP contribution in [0.4, 0.5) is 0 Å². The van der Waals surface area contributed by atoms with Crippen LogP contribution in [0.25, 0.3) is 0 Å². The van der Waals surface area contributed by atoms with E-state index in [1.807, 2.05) is 6.07 Å². The Hall–Kier alpha value is -0.130. The first-order valence-electron chi connectivity index (χ1n) is 6.87. The fraction of sp³-hybridized carbons (Fsp3) is 0.714. The van der Waals surface area contributed by atoms with Crippen LogP contribution in [0.1, 0.15) is 30.7 Å². The highest BCUT2D eigenvalue weighted by Crippen LogP contribution is 2.39. The number of ether oxygens (including phenoxy) is 1. The van der Waals surface area contributed by atoms with Crippen molar-refractivity contribution < 1.29 is 4.74 Å². The molecule has 1 fully saturated rings. The third-order valence-electron chi connectivity index (χ3n) is 3.93. The number of halogens is 1. The van der Waals surface area contributed by atoms with E-state index in [1.165, 1.54) is 17.7 Å². The van der Waals surface area contributed by atoms with Gasteiger partial charge in [0.15, 0.2) is 0 Å². The van der Waals surface area contributed by atoms with E-state index in [9.17, 15) is 0 Å². The van der Waals surface area contributed by atoms with Crippen LogP contribution >= 0.6 is 22.9 Å². The topological polar surface area (TPSA) is 38.5 Å². The van der Waals surface area contributed by atoms with Crippen molar-refractivity contribution in [1.29, 1.82) is 0 Å². The fourth-order valence-electron chi connectivity index (χ4n) is 2.61. The standard InChI is InChI=1S/C14H23ClN2OS/c1-10(11-3-4-11)17(7-8-18-2)12(9-16)13-5-6-14(15)19-13/h5-6,10-12H,3-4,7-9,16H2,1-2H3. The van der Waals surface area contributed by atoms with Gasteiger partial charge >= 0.3 is 0 Å². The molecule has 2 N–H and O–H groups in total. The summed E-state index contributed by atoms with van der Waals surface area (Å²) in [4.78, 5) is 3.75. The zero-order valence-electron chi connectivity index (χ0n) is 11.6. The highest BCUT2D eigenvalue weighted by molar-refractivity contribution is 7.16. The lowest BCUT2D eigenvalue weighted by atomic mass is 10.1. The molecule has 19 heavy (non-hydrogen) atoms. The summed E-state index contributed by atoms with van der Waals surface area (Å²) in [6.45, 7) is 4.60. The molecule has 0 spiro atoms. The molecule has 1 aliphatic carbocycles. The van der Waals surface area contributed by atoms with Crippen molar-refractivity contribution in [2.75, 3.05) is 26.8 Å². The number of hydrogen-bond donors (Lipinski definition) is 1. The maximum Gasteiger partial charge on any atom is 0.0931 e. The normalized spacial score (nSPS) is 18.8. The average molecular weight is 303 g/mol. The largest absolute Gasteiger partial charge is 0.383 e. The number of rotatable bonds is 8. The lowest BCUT2D eigenvalue weighted by Gasteiger charge is -2.35. The van der Waals surface area contributed by atoms with Gasteiger partial charge in [-0.15, -0.1) is 11.3 Å². The Morgan fingerprint density at radius 1 is 1.53 bits per heavy atom. The van der Waals surface area contributed by atoms with E-state index in [1.54, 1.807) is 18.4 Å². The Balaban J connectivity index is 2.13. The van der Waals surface area contributed by atoms with Crippen LogP contribution in [0.15, 0.2) is 12.1 Å². The molecule has 1 aromatic heterocycles. The second-order valence-electron chi connectivity index (χ2n) is 5.20. The van der Waals surface area contributed by atoms with Gasteiger partial charge in [0.05, 0.1) is 17.0 Å². The van der Waals surface area contributed by atoms with Crippen LogP contribution in [0.3, 0.4) is 0 Å². The average Bonchev–Trinajstić information content (AvgIpc) is 3.17. The lowest BCUT2D eigenvalue weighted by Crippen LogP contribution is -2.42. The summed E-state index contributed by atoms with van der Waals surface area (Å²) in [5, 5.41) is 0. The molecule has 0 amide bonds. The molecule has 2 atom stereocenters. The van der Waals surface area contributed by atoms with Gasteiger partial charge < -0.3 is 10.5 Å². The summed E-state index contributed by atoms with van der Waals surface area (Å²) in [7, 11) is 1.75. The van der Waals surface area contributed by atoms with Crippen LogP contribution in [-0.2, 0) is 4.74 Å². The third kappa shape index (κ3) is 3.92. The minimum absolute atomic E-state index is 0.253.